The maximum Gasteiger partial charge on any atom is 0.411 e. The Morgan fingerprint density at radius 1 is 1.08 bits per heavy atom. The van der Waals surface area contributed by atoms with Crippen molar-refractivity contribution in [3.63, 3.8) is 0 Å². The van der Waals surface area contributed by atoms with Crippen LogP contribution in [0.15, 0.2) is 42.5 Å². The second-order valence-corrected chi connectivity index (χ2v) is 7.92. The van der Waals surface area contributed by atoms with Crippen molar-refractivity contribution < 1.29 is 14.3 Å². The summed E-state index contributed by atoms with van der Waals surface area (Å²) in [5, 5.41) is 0. The molecular weight excluding hydrogens is 322 g/mol. The van der Waals surface area contributed by atoms with E-state index in [0.717, 1.165) is 21.6 Å². The van der Waals surface area contributed by atoms with E-state index in [2.05, 4.69) is 0 Å². The average molecular weight is 345 g/mol. The van der Waals surface area contributed by atoms with Gasteiger partial charge < -0.3 is 9.53 Å². The van der Waals surface area contributed by atoms with E-state index in [1.165, 1.54) is 16.2 Å². The van der Waals surface area contributed by atoms with Crippen LogP contribution in [0.3, 0.4) is 0 Å². The Morgan fingerprint density at radius 2 is 1.71 bits per heavy atom. The second-order valence-electron chi connectivity index (χ2n) is 6.83. The van der Waals surface area contributed by atoms with E-state index in [1.54, 1.807) is 34.7 Å². The van der Waals surface area contributed by atoms with Gasteiger partial charge in [-0.2, -0.15) is 0 Å². The molecule has 1 unspecified atom stereocenters. The van der Waals surface area contributed by atoms with E-state index in [0.29, 0.717) is 0 Å². The summed E-state index contributed by atoms with van der Waals surface area (Å²) in [6.45, 7) is 7.13. The van der Waals surface area contributed by atoms with Crippen molar-refractivity contribution in [2.24, 2.45) is 0 Å². The summed E-state index contributed by atoms with van der Waals surface area (Å²) in [5.74, 6) is 0. The number of amides is 1. The van der Waals surface area contributed by atoms with Crippen molar-refractivity contribution in [3.8, 4) is 10.4 Å². The molecule has 1 amide bonds. The third-order valence-corrected chi connectivity index (χ3v) is 5.12. The van der Waals surface area contributed by atoms with Gasteiger partial charge in [0.1, 0.15) is 11.1 Å². The summed E-state index contributed by atoms with van der Waals surface area (Å²) in [6.07, 6.45) is 0.268. The normalized spacial score (nSPS) is 13.9. The molecule has 0 N–H and O–H groups in total. The van der Waals surface area contributed by atoms with Gasteiger partial charge in [0, 0.05) is 16.8 Å². The number of nitrogens with zero attached hydrogens (tertiary/aromatic N) is 1. The maximum absolute atomic E-state index is 12.4. The van der Waals surface area contributed by atoms with E-state index < -0.39 is 17.2 Å². The minimum absolute atomic E-state index is 0.522. The van der Waals surface area contributed by atoms with Crippen LogP contribution in [0.1, 0.15) is 32.6 Å². The van der Waals surface area contributed by atoms with E-state index in [1.807, 2.05) is 42.5 Å². The van der Waals surface area contributed by atoms with Crippen LogP contribution in [0, 0.1) is 0 Å². The largest absolute Gasteiger partial charge is 0.444 e. The molecule has 1 aromatic carbocycles. The molecule has 0 aliphatic carbocycles. The van der Waals surface area contributed by atoms with Crippen LogP contribution >= 0.6 is 11.3 Å². The van der Waals surface area contributed by atoms with Crippen LogP contribution in [0.5, 0.6) is 0 Å². The first-order valence-electron chi connectivity index (χ1n) is 7.76. The van der Waals surface area contributed by atoms with E-state index in [4.69, 9.17) is 4.74 Å². The lowest BCUT2D eigenvalue weighted by Crippen LogP contribution is -2.47. The van der Waals surface area contributed by atoms with Gasteiger partial charge in [0.2, 0.25) is 0 Å². The summed E-state index contributed by atoms with van der Waals surface area (Å²) < 4.78 is 5.39. The average Bonchev–Trinajstić information content (AvgIpc) is 3.03. The number of benzene rings is 1. The quantitative estimate of drug-likeness (QED) is 0.755. The van der Waals surface area contributed by atoms with Gasteiger partial charge in [0.05, 0.1) is 0 Å². The topological polar surface area (TPSA) is 46.6 Å². The molecule has 128 valence electrons. The van der Waals surface area contributed by atoms with Gasteiger partial charge in [0.25, 0.3) is 0 Å². The summed E-state index contributed by atoms with van der Waals surface area (Å²) in [4.78, 5) is 27.4. The van der Waals surface area contributed by atoms with Crippen LogP contribution in [-0.4, -0.2) is 29.9 Å². The van der Waals surface area contributed by atoms with Crippen molar-refractivity contribution in [1.29, 1.82) is 0 Å². The summed E-state index contributed by atoms with van der Waals surface area (Å²) >= 11 is 1.50. The number of hydrogen-bond donors (Lipinski definition) is 0. The number of aldehydes is 1. The molecule has 0 fully saturated rings. The zero-order chi connectivity index (χ0) is 18.0. The summed E-state index contributed by atoms with van der Waals surface area (Å²) in [6, 6.07) is 13.8. The van der Waals surface area contributed by atoms with Crippen LogP contribution in [-0.2, 0) is 15.1 Å². The predicted octanol–water partition coefficient (Wildman–Crippen LogP) is 4.70. The SMILES string of the molecule is CN(C(=O)OC(C)(C)C)C(C)(C=O)c1ccc(-c2ccccc2)s1. The summed E-state index contributed by atoms with van der Waals surface area (Å²) in [5.41, 5.74) is -0.596. The maximum atomic E-state index is 12.4. The summed E-state index contributed by atoms with van der Waals surface area (Å²) in [7, 11) is 1.59. The Labute approximate surface area is 147 Å². The lowest BCUT2D eigenvalue weighted by molar-refractivity contribution is -0.117. The van der Waals surface area contributed by atoms with Gasteiger partial charge in [0.15, 0.2) is 6.29 Å². The fraction of sp³-hybridized carbons (Fsp3) is 0.368. The van der Waals surface area contributed by atoms with Crippen molar-refractivity contribution in [1.82, 2.24) is 4.90 Å². The second kappa shape index (κ2) is 6.77. The minimum atomic E-state index is -1.07. The lowest BCUT2D eigenvalue weighted by Gasteiger charge is -2.34. The minimum Gasteiger partial charge on any atom is -0.444 e. The van der Waals surface area contributed by atoms with E-state index in [9.17, 15) is 9.59 Å². The first kappa shape index (κ1) is 18.2. The standard InChI is InChI=1S/C19H23NO3S/c1-18(2,3)23-17(22)20(5)19(4,13-21)16-12-11-15(24-16)14-9-7-6-8-10-14/h6-13H,1-5H3. The zero-order valence-electron chi connectivity index (χ0n) is 14.7. The molecule has 2 aromatic rings. The van der Waals surface area contributed by atoms with Gasteiger partial charge >= 0.3 is 6.09 Å². The molecule has 24 heavy (non-hydrogen) atoms. The zero-order valence-corrected chi connectivity index (χ0v) is 15.5. The molecule has 4 nitrogen and oxygen atoms in total. The Balaban J connectivity index is 2.31. The number of carbonyl (C=O) groups excluding carboxylic acids is 2. The first-order chi connectivity index (χ1) is 11.2. The highest BCUT2D eigenvalue weighted by atomic mass is 32.1. The van der Waals surface area contributed by atoms with Crippen molar-refractivity contribution in [3.05, 3.63) is 47.3 Å². The molecule has 1 aromatic heterocycles. The lowest BCUT2D eigenvalue weighted by atomic mass is 10.0. The van der Waals surface area contributed by atoms with Crippen molar-refractivity contribution >= 4 is 23.7 Å². The smallest absolute Gasteiger partial charge is 0.411 e. The van der Waals surface area contributed by atoms with Crippen LogP contribution in [0.2, 0.25) is 0 Å². The monoisotopic (exact) mass is 345 g/mol. The molecule has 2 rings (SSSR count). The number of thiophene rings is 1. The number of rotatable bonds is 4. The third-order valence-electron chi connectivity index (χ3n) is 3.76. The van der Waals surface area contributed by atoms with Gasteiger partial charge in [-0.3, -0.25) is 4.90 Å². The number of likely N-dealkylation sites (N-methyl/N-ethyl adjacent to an activating group) is 1. The molecule has 0 bridgehead atoms. The highest BCUT2D eigenvalue weighted by molar-refractivity contribution is 7.15. The Bertz CT molecular complexity index is 718. The highest BCUT2D eigenvalue weighted by Crippen LogP contribution is 2.36. The van der Waals surface area contributed by atoms with Crippen LogP contribution < -0.4 is 0 Å². The Morgan fingerprint density at radius 3 is 2.25 bits per heavy atom. The van der Waals surface area contributed by atoms with Crippen LogP contribution in [0.4, 0.5) is 4.79 Å². The molecular formula is C19H23NO3S. The molecule has 0 saturated heterocycles. The Hall–Kier alpha value is -2.14. The highest BCUT2D eigenvalue weighted by Gasteiger charge is 2.38. The van der Waals surface area contributed by atoms with E-state index >= 15 is 0 Å². The van der Waals surface area contributed by atoms with Gasteiger partial charge in [-0.05, 0) is 45.4 Å². The molecule has 0 saturated carbocycles. The first-order valence-corrected chi connectivity index (χ1v) is 8.58. The molecule has 5 heteroatoms. The number of carbonyl (C=O) groups is 2. The van der Waals surface area contributed by atoms with Gasteiger partial charge in [-0.25, -0.2) is 4.79 Å². The molecule has 0 aliphatic rings. The number of hydrogen-bond acceptors (Lipinski definition) is 4. The van der Waals surface area contributed by atoms with Gasteiger partial charge in [-0.1, -0.05) is 30.3 Å². The van der Waals surface area contributed by atoms with Gasteiger partial charge in [-0.15, -0.1) is 11.3 Å². The fourth-order valence-corrected chi connectivity index (χ4v) is 3.34. The molecule has 0 radical (unpaired) electrons. The van der Waals surface area contributed by atoms with Crippen molar-refractivity contribution in [2.45, 2.75) is 38.8 Å². The molecule has 0 spiro atoms. The Kier molecular flexibility index (Phi) is 5.13. The predicted molar refractivity (Wildman–Crippen MR) is 97.2 cm³/mol. The van der Waals surface area contributed by atoms with Crippen molar-refractivity contribution in [2.75, 3.05) is 7.05 Å². The molecule has 1 heterocycles. The third kappa shape index (κ3) is 3.85. The van der Waals surface area contributed by atoms with E-state index in [-0.39, 0.29) is 0 Å². The fourth-order valence-electron chi connectivity index (χ4n) is 2.19. The molecule has 0 aliphatic heterocycles. The van der Waals surface area contributed by atoms with Crippen LogP contribution in [0.25, 0.3) is 10.4 Å². The number of ether oxygens (including phenoxy) is 1. The molecule has 1 atom stereocenters.